The van der Waals surface area contributed by atoms with E-state index in [1.807, 2.05) is 6.92 Å². The molecule has 4 saturated carbocycles. The topological polar surface area (TPSA) is 370 Å². The monoisotopic (exact) mass is 2040 g/mol. The number of Topliss-reactive ketones (excluding diaryl/α,β-unsaturated/α-hetero) is 4. The normalized spacial score (nSPS) is 18.5. The van der Waals surface area contributed by atoms with E-state index in [1.54, 1.807) is 117 Å². The van der Waals surface area contributed by atoms with Crippen molar-refractivity contribution < 1.29 is 109 Å². The second-order valence-corrected chi connectivity index (χ2v) is 55.7. The van der Waals surface area contributed by atoms with Crippen LogP contribution in [-0.2, 0) is 27.8 Å². The molecule has 0 aliphatic heterocycles. The average molecular weight is 2040 g/mol. The van der Waals surface area contributed by atoms with Crippen LogP contribution in [0.2, 0.25) is 36.3 Å². The Morgan fingerprint density at radius 2 is 0.704 bits per heavy atom. The smallest absolute Gasteiger partial charge is 0.412 e. The number of carbonyl (C=O) groups is 8. The summed E-state index contributed by atoms with van der Waals surface area (Å²) in [4.78, 5) is 125. The third-order valence-corrected chi connectivity index (χ3v) is 38.3. The maximum atomic E-state index is 14.7. The maximum absolute atomic E-state index is 14.7. The van der Waals surface area contributed by atoms with Crippen LogP contribution in [-0.4, -0.2) is 171 Å². The standard InChI is InChI=1S/C56H78N4O13S2Si.C52H78N2O11Si/c1-15-37-23-34(2)25-40(37)51(61)43-28-47(68-12)49(30-45(43)59-54(64)73-55(5,6)7)70-22-18-16-17-21-69-48-29-44(58-53(63)71-32-36(4)74-75-50-20-19-39(31-57-50)60(65)66)42(27-46(48)67-11)52(62)41-26-35(3)24-38(41)33-72-76(13,14)56(8,9)10;1-17-34-23-32(2)25-36(34)46(55)38-27-42(59-13)44(29-40(38)53-48(57)64-50(4,5)6)61-21-19-18-20-22-62-45-30-41(54-49(58)65-51(7,8)9)39(28-43(45)60-14)47(56)37-26-33(3)24-35(37)31-63-66(15,16)52(10,11)12/h19-20,27-31,36-38,40-41H,2-3,15-18,21-26,32-33H2,1,4-14H3,(H,58,63)(H,59,64);27-30,34-37H,2-3,17-26,31H2,1,4-16H3,(H,53,57)(H,54,58)/t36-,37-,38+,40?,41?;34-,35+,36?,37?/m11/s1. The molecule has 142 heavy (non-hydrogen) atoms. The van der Waals surface area contributed by atoms with E-state index in [0.717, 1.165) is 54.4 Å². The van der Waals surface area contributed by atoms with Gasteiger partial charge in [0.25, 0.3) is 5.69 Å². The number of carbonyl (C=O) groups excluding carboxylic acids is 8. The lowest BCUT2D eigenvalue weighted by molar-refractivity contribution is -0.385. The number of allylic oxidation sites excluding steroid dienone is 4. The van der Waals surface area contributed by atoms with Crippen LogP contribution in [0.4, 0.5) is 47.6 Å². The Bertz CT molecular complexity index is 5320. The third kappa shape index (κ3) is 34.1. The van der Waals surface area contributed by atoms with E-state index >= 15 is 0 Å². The molecule has 0 bridgehead atoms. The molecule has 4 aliphatic rings. The van der Waals surface area contributed by atoms with E-state index in [1.165, 1.54) is 62.3 Å². The first kappa shape index (κ1) is 117. The van der Waals surface area contributed by atoms with Gasteiger partial charge in [0.2, 0.25) is 0 Å². The molecule has 5 aromatic rings. The molecule has 9 atom stereocenters. The van der Waals surface area contributed by atoms with Crippen LogP contribution in [0.5, 0.6) is 46.0 Å². The molecule has 1 aromatic heterocycles. The molecule has 4 fully saturated rings. The summed E-state index contributed by atoms with van der Waals surface area (Å²) in [6.07, 6.45) is 9.00. The van der Waals surface area contributed by atoms with Crippen molar-refractivity contribution in [2.24, 2.45) is 47.3 Å². The zero-order chi connectivity index (χ0) is 105. The van der Waals surface area contributed by atoms with Gasteiger partial charge in [-0.15, -0.1) is 0 Å². The van der Waals surface area contributed by atoms with Crippen molar-refractivity contribution in [3.8, 4) is 46.0 Å². The van der Waals surface area contributed by atoms with Gasteiger partial charge < -0.3 is 65.7 Å². The van der Waals surface area contributed by atoms with Crippen LogP contribution in [0.3, 0.4) is 0 Å². The Hall–Kier alpha value is -10.4. The minimum absolute atomic E-state index is 0.0108. The number of anilines is 4. The summed E-state index contributed by atoms with van der Waals surface area (Å²) in [7, 11) is 4.49. The highest BCUT2D eigenvalue weighted by molar-refractivity contribution is 8.76. The second-order valence-electron chi connectivity index (χ2n) is 43.4. The van der Waals surface area contributed by atoms with Crippen LogP contribution in [0.1, 0.15) is 269 Å². The minimum Gasteiger partial charge on any atom is -0.493 e. The summed E-state index contributed by atoms with van der Waals surface area (Å²) in [5.41, 5.74) is 3.85. The van der Waals surface area contributed by atoms with E-state index in [4.69, 9.17) is 65.7 Å². The molecule has 4 unspecified atom stereocenters. The van der Waals surface area contributed by atoms with Gasteiger partial charge >= 0.3 is 24.4 Å². The van der Waals surface area contributed by atoms with Crippen LogP contribution < -0.4 is 59.2 Å². The number of benzene rings is 4. The molecule has 4 aliphatic carbocycles. The van der Waals surface area contributed by atoms with E-state index in [0.29, 0.717) is 165 Å². The third-order valence-electron chi connectivity index (χ3n) is 26.5. The van der Waals surface area contributed by atoms with Gasteiger partial charge in [0.15, 0.2) is 85.8 Å². The van der Waals surface area contributed by atoms with E-state index < -0.39 is 68.7 Å². The zero-order valence-corrected chi connectivity index (χ0v) is 92.3. The molecule has 0 saturated heterocycles. The molecule has 4 amide bonds. The molecule has 782 valence electrons. The predicted molar refractivity (Wildman–Crippen MR) is 566 cm³/mol. The summed E-state index contributed by atoms with van der Waals surface area (Å²) < 4.78 is 83.5. The highest BCUT2D eigenvalue weighted by Gasteiger charge is 2.46. The van der Waals surface area contributed by atoms with Gasteiger partial charge in [-0.2, -0.15) is 0 Å². The van der Waals surface area contributed by atoms with Gasteiger partial charge in [-0.05, 0) is 260 Å². The van der Waals surface area contributed by atoms with Crippen LogP contribution >= 0.6 is 21.6 Å². The van der Waals surface area contributed by atoms with Crippen molar-refractivity contribution >= 4 is 114 Å². The number of hydrogen-bond donors (Lipinski definition) is 4. The lowest BCUT2D eigenvalue weighted by Gasteiger charge is -2.37. The number of nitro groups is 1. The van der Waals surface area contributed by atoms with Gasteiger partial charge in [-0.3, -0.25) is 50.6 Å². The van der Waals surface area contributed by atoms with Crippen molar-refractivity contribution in [2.45, 2.75) is 291 Å². The Kier molecular flexibility index (Phi) is 42.3. The number of nitrogens with zero attached hydrogens (tertiary/aromatic N) is 2. The van der Waals surface area contributed by atoms with Gasteiger partial charge in [-0.1, -0.05) is 128 Å². The predicted octanol–water partition coefficient (Wildman–Crippen LogP) is 27.3. The van der Waals surface area contributed by atoms with Gasteiger partial charge in [-0.25, -0.2) is 24.2 Å². The van der Waals surface area contributed by atoms with Crippen molar-refractivity contribution in [1.29, 1.82) is 0 Å². The van der Waals surface area contributed by atoms with Gasteiger partial charge in [0.1, 0.15) is 34.6 Å². The van der Waals surface area contributed by atoms with E-state index in [9.17, 15) is 48.5 Å². The maximum Gasteiger partial charge on any atom is 0.412 e. The van der Waals surface area contributed by atoms with Crippen molar-refractivity contribution in [3.63, 3.8) is 0 Å². The van der Waals surface area contributed by atoms with Crippen molar-refractivity contribution in [3.05, 3.63) is 148 Å². The molecule has 1 heterocycles. The fourth-order valence-corrected chi connectivity index (χ4v) is 20.9. The Balaban J connectivity index is 0.000000351. The molecular weight excluding hydrogens is 1890 g/mol. The molecule has 0 spiro atoms. The number of unbranched alkanes of at least 4 members (excludes halogenated alkanes) is 4. The summed E-state index contributed by atoms with van der Waals surface area (Å²) in [6.45, 7) is 62.7. The number of hydrogen-bond acceptors (Lipinski definition) is 27. The van der Waals surface area contributed by atoms with Crippen LogP contribution in [0.15, 0.2) is 120 Å². The Morgan fingerprint density at radius 1 is 0.423 bits per heavy atom. The Morgan fingerprint density at radius 3 is 0.958 bits per heavy atom. The first-order valence-electron chi connectivity index (χ1n) is 49.3. The largest absolute Gasteiger partial charge is 0.493 e. The number of pyridine rings is 1. The first-order valence-corrected chi connectivity index (χ1v) is 57.3. The SMILES string of the molecule is C=C1CC(C(=O)c2cc(OC)c(OCCCCCOc3cc(NC(=O)OC(C)(C)C)c(C(=O)C4CC(=C)C[C@H]4CC)cc3OC)cc2NC(=O)OC[C@@H](C)SSc2ccc([N+](=O)[O-])cn2)[C@H](CO[Si](C)(C)C(C)(C)C)C1.C=C1CC(C(=O)c2cc(OC)c(OCCCCCOc3cc(NC(=O)OC(C)(C)C)c(C(=O)C4CC(=C)C[C@H]4CO[Si](C)(C)C(C)(C)C)cc3OC)cc2NC(=O)OC(C)(C)C)[C@H](CC)C1. The summed E-state index contributed by atoms with van der Waals surface area (Å²) in [5, 5.41) is 22.6. The lowest BCUT2D eigenvalue weighted by Crippen LogP contribution is -2.42. The average Bonchev–Trinajstić information content (AvgIpc) is 1.55. The van der Waals surface area contributed by atoms with Gasteiger partial charge in [0, 0.05) is 94.7 Å². The quantitative estimate of drug-likeness (QED) is 0.00411. The number of ether oxygens (including phenoxy) is 12. The summed E-state index contributed by atoms with van der Waals surface area (Å²) in [5.74, 6) is 1.07. The number of nitrogens with one attached hydrogen (secondary N) is 4. The molecule has 4 aromatic carbocycles. The van der Waals surface area contributed by atoms with E-state index in [2.05, 4.69) is 134 Å². The number of aromatic nitrogens is 1. The Labute approximate surface area is 850 Å². The van der Waals surface area contributed by atoms with Crippen molar-refractivity contribution in [2.75, 3.05) is 96.0 Å². The fraction of sp³-hybridized carbons (Fsp3) is 0.583. The van der Waals surface area contributed by atoms with E-state index in [-0.39, 0.29) is 134 Å². The van der Waals surface area contributed by atoms with Crippen LogP contribution in [0, 0.1) is 57.5 Å². The zero-order valence-electron chi connectivity index (χ0n) is 88.6. The number of rotatable bonds is 46. The molecule has 9 rings (SSSR count). The second kappa shape index (κ2) is 51.4. The molecule has 4 N–H and O–H groups in total. The molecule has 30 nitrogen and oxygen atoms in total. The first-order chi connectivity index (χ1) is 66.4. The highest BCUT2D eigenvalue weighted by Crippen LogP contribution is 2.50. The number of amides is 4. The number of ketones is 4. The molecular formula is C108H156N6O24S2Si2. The number of methoxy groups -OCH3 is 4. The molecule has 34 heteroatoms. The summed E-state index contributed by atoms with van der Waals surface area (Å²) >= 11 is 0. The minimum atomic E-state index is -2.14. The highest BCUT2D eigenvalue weighted by atomic mass is 33.1. The fourth-order valence-electron chi connectivity index (χ4n) is 16.9. The molecule has 0 radical (unpaired) electrons. The van der Waals surface area contributed by atoms with Gasteiger partial charge in [0.05, 0.1) is 82.5 Å². The van der Waals surface area contributed by atoms with Crippen LogP contribution in [0.25, 0.3) is 0 Å². The summed E-state index contributed by atoms with van der Waals surface area (Å²) in [6, 6.07) is 15.9. The lowest BCUT2D eigenvalue weighted by atomic mass is 9.86. The van der Waals surface area contributed by atoms with Crippen molar-refractivity contribution in [1.82, 2.24) is 4.98 Å².